The van der Waals surface area contributed by atoms with E-state index in [1.165, 1.54) is 23.9 Å². The molecule has 4 aromatic rings. The Labute approximate surface area is 202 Å². The first-order valence-electron chi connectivity index (χ1n) is 11.1. The lowest BCUT2D eigenvalue weighted by molar-refractivity contribution is 0.102. The smallest absolute Gasteiger partial charge is 0.191 e. The third kappa shape index (κ3) is 4.77. The number of aromatic nitrogens is 4. The number of hydrogen-bond donors (Lipinski definition) is 0. The molecule has 4 rings (SSSR count). The summed E-state index contributed by atoms with van der Waals surface area (Å²) in [7, 11) is 1.63. The number of hydrogen-bond acceptors (Lipinski definition) is 5. The Bertz CT molecular complexity index is 1310. The average molecular weight is 479 g/mol. The zero-order valence-corrected chi connectivity index (χ0v) is 20.5. The van der Waals surface area contributed by atoms with Gasteiger partial charge >= 0.3 is 0 Å². The summed E-state index contributed by atoms with van der Waals surface area (Å²) in [6.07, 6.45) is 0. The van der Waals surface area contributed by atoms with E-state index >= 15 is 0 Å². The highest BCUT2D eigenvalue weighted by atomic mass is 32.2. The summed E-state index contributed by atoms with van der Waals surface area (Å²) in [5, 5.41) is 9.41. The number of rotatable bonds is 9. The second kappa shape index (κ2) is 10.3. The van der Waals surface area contributed by atoms with Gasteiger partial charge in [-0.15, -0.1) is 10.2 Å². The predicted molar refractivity (Wildman–Crippen MR) is 132 cm³/mol. The van der Waals surface area contributed by atoms with Gasteiger partial charge in [0.1, 0.15) is 11.6 Å². The fourth-order valence-corrected chi connectivity index (χ4v) is 4.90. The molecule has 0 aliphatic heterocycles. The van der Waals surface area contributed by atoms with Crippen LogP contribution >= 0.6 is 11.8 Å². The summed E-state index contributed by atoms with van der Waals surface area (Å²) in [4.78, 5) is 13.1. The van der Waals surface area contributed by atoms with Crippen LogP contribution in [-0.4, -0.2) is 38.0 Å². The Morgan fingerprint density at radius 3 is 2.50 bits per heavy atom. The van der Waals surface area contributed by atoms with E-state index < -0.39 is 0 Å². The number of benzene rings is 2. The number of Topliss-reactive ketones (excluding diaryl/α,β-unsaturated/α-hetero) is 1. The first-order chi connectivity index (χ1) is 16.4. The molecule has 0 aliphatic carbocycles. The van der Waals surface area contributed by atoms with Gasteiger partial charge in [0.05, 0.1) is 18.4 Å². The fraction of sp³-hybridized carbons (Fsp3) is 0.269. The second-order valence-electron chi connectivity index (χ2n) is 7.96. The van der Waals surface area contributed by atoms with Crippen LogP contribution in [0.5, 0.6) is 5.75 Å². The molecule has 176 valence electrons. The minimum absolute atomic E-state index is 0.0351. The molecule has 34 heavy (non-hydrogen) atoms. The maximum atomic E-state index is 13.2. The fourth-order valence-electron chi connectivity index (χ4n) is 4.02. The molecule has 0 amide bonds. The summed E-state index contributed by atoms with van der Waals surface area (Å²) < 4.78 is 22.8. The minimum Gasteiger partial charge on any atom is -0.496 e. The maximum Gasteiger partial charge on any atom is 0.191 e. The molecule has 6 nitrogen and oxygen atoms in total. The topological polar surface area (TPSA) is 61.9 Å². The molecular formula is C26H27FN4O2S. The molecule has 0 aliphatic rings. The molecular weight excluding hydrogens is 451 g/mol. The molecule has 0 fully saturated rings. The van der Waals surface area contributed by atoms with Crippen LogP contribution in [0.3, 0.4) is 0 Å². The first-order valence-corrected chi connectivity index (χ1v) is 12.0. The number of thioether (sulfide) groups is 1. The SMILES string of the molecule is CCn1c(SCC(=O)c2cc(C)n(Cc3ccc(F)cc3)c2C)nnc1-c1ccccc1OC. The molecule has 2 heterocycles. The van der Waals surface area contributed by atoms with E-state index in [1.807, 2.05) is 55.7 Å². The summed E-state index contributed by atoms with van der Waals surface area (Å²) in [6, 6.07) is 16.1. The molecule has 0 saturated carbocycles. The number of carbonyl (C=O) groups is 1. The van der Waals surface area contributed by atoms with Crippen molar-refractivity contribution in [1.29, 1.82) is 0 Å². The lowest BCUT2D eigenvalue weighted by Crippen LogP contribution is -2.08. The highest BCUT2D eigenvalue weighted by molar-refractivity contribution is 7.99. The second-order valence-corrected chi connectivity index (χ2v) is 8.90. The van der Waals surface area contributed by atoms with Gasteiger partial charge in [-0.05, 0) is 56.7 Å². The van der Waals surface area contributed by atoms with Gasteiger partial charge in [0.15, 0.2) is 16.8 Å². The van der Waals surface area contributed by atoms with E-state index in [-0.39, 0.29) is 17.4 Å². The van der Waals surface area contributed by atoms with Gasteiger partial charge in [-0.3, -0.25) is 4.79 Å². The number of ketones is 1. The van der Waals surface area contributed by atoms with E-state index in [1.54, 1.807) is 19.2 Å². The maximum absolute atomic E-state index is 13.2. The van der Waals surface area contributed by atoms with Gasteiger partial charge in [-0.25, -0.2) is 4.39 Å². The molecule has 0 N–H and O–H groups in total. The predicted octanol–water partition coefficient (Wildman–Crippen LogP) is 5.55. The zero-order chi connectivity index (χ0) is 24.2. The van der Waals surface area contributed by atoms with E-state index in [9.17, 15) is 9.18 Å². The Hall–Kier alpha value is -3.39. The minimum atomic E-state index is -0.258. The Balaban J connectivity index is 1.51. The van der Waals surface area contributed by atoms with Crippen LogP contribution in [0.1, 0.15) is 34.2 Å². The lowest BCUT2D eigenvalue weighted by Gasteiger charge is -2.11. The number of nitrogens with zero attached hydrogens (tertiary/aromatic N) is 4. The standard InChI is InChI=1S/C26H27FN4O2S/c1-5-30-25(21-8-6-7-9-24(21)33-4)28-29-26(30)34-16-23(32)22-14-17(2)31(18(22)3)15-19-10-12-20(27)13-11-19/h6-14H,5,15-16H2,1-4H3. The van der Waals surface area contributed by atoms with Crippen molar-refractivity contribution in [3.63, 3.8) is 0 Å². The molecule has 0 saturated heterocycles. The van der Waals surface area contributed by atoms with Crippen LogP contribution in [0.15, 0.2) is 59.8 Å². The van der Waals surface area contributed by atoms with Gasteiger partial charge < -0.3 is 13.9 Å². The molecule has 0 spiro atoms. The summed E-state index contributed by atoms with van der Waals surface area (Å²) >= 11 is 1.38. The van der Waals surface area contributed by atoms with Gasteiger partial charge in [-0.2, -0.15) is 0 Å². The van der Waals surface area contributed by atoms with Crippen molar-refractivity contribution in [1.82, 2.24) is 19.3 Å². The van der Waals surface area contributed by atoms with Crippen molar-refractivity contribution in [2.24, 2.45) is 0 Å². The Kier molecular flexibility index (Phi) is 7.17. The van der Waals surface area contributed by atoms with Gasteiger partial charge in [-0.1, -0.05) is 36.0 Å². The summed E-state index contributed by atoms with van der Waals surface area (Å²) in [5.41, 5.74) is 4.43. The Morgan fingerprint density at radius 1 is 1.06 bits per heavy atom. The number of para-hydroxylation sites is 1. The molecule has 2 aromatic carbocycles. The van der Waals surface area contributed by atoms with Gasteiger partial charge in [0.25, 0.3) is 0 Å². The van der Waals surface area contributed by atoms with Crippen molar-refractivity contribution in [3.05, 3.63) is 82.9 Å². The summed E-state index contributed by atoms with van der Waals surface area (Å²) in [6.45, 7) is 7.21. The van der Waals surface area contributed by atoms with E-state index in [4.69, 9.17) is 4.74 Å². The quantitative estimate of drug-likeness (QED) is 0.233. The number of halogens is 1. The van der Waals surface area contributed by atoms with Gasteiger partial charge in [0, 0.05) is 30.0 Å². The molecule has 0 bridgehead atoms. The third-order valence-corrected chi connectivity index (χ3v) is 6.81. The van der Waals surface area contributed by atoms with E-state index in [0.29, 0.717) is 29.6 Å². The third-order valence-electron chi connectivity index (χ3n) is 5.84. The van der Waals surface area contributed by atoms with Crippen LogP contribution in [0.4, 0.5) is 4.39 Å². The summed E-state index contributed by atoms with van der Waals surface area (Å²) in [5.74, 6) is 1.47. The number of ether oxygens (including phenoxy) is 1. The highest BCUT2D eigenvalue weighted by Gasteiger charge is 2.20. The van der Waals surface area contributed by atoms with Crippen molar-refractivity contribution in [2.45, 2.75) is 39.0 Å². The van der Waals surface area contributed by atoms with Crippen molar-refractivity contribution >= 4 is 17.5 Å². The normalized spacial score (nSPS) is 11.1. The number of aryl methyl sites for hydroxylation is 1. The molecule has 0 atom stereocenters. The molecule has 0 radical (unpaired) electrons. The first kappa shape index (κ1) is 23.8. The van der Waals surface area contributed by atoms with Crippen molar-refractivity contribution in [2.75, 3.05) is 12.9 Å². The zero-order valence-electron chi connectivity index (χ0n) is 19.7. The molecule has 0 unspecified atom stereocenters. The lowest BCUT2D eigenvalue weighted by atomic mass is 10.2. The largest absolute Gasteiger partial charge is 0.496 e. The van der Waals surface area contributed by atoms with Crippen LogP contribution in [0, 0.1) is 19.7 Å². The number of methoxy groups -OCH3 is 1. The van der Waals surface area contributed by atoms with Gasteiger partial charge in [0.2, 0.25) is 0 Å². The molecule has 8 heteroatoms. The average Bonchev–Trinajstić information content (AvgIpc) is 3.39. The van der Waals surface area contributed by atoms with Crippen LogP contribution in [0.25, 0.3) is 11.4 Å². The van der Waals surface area contributed by atoms with Crippen LogP contribution < -0.4 is 4.74 Å². The monoisotopic (exact) mass is 478 g/mol. The van der Waals surface area contributed by atoms with Crippen molar-refractivity contribution < 1.29 is 13.9 Å². The van der Waals surface area contributed by atoms with E-state index in [2.05, 4.69) is 14.8 Å². The van der Waals surface area contributed by atoms with Crippen LogP contribution in [-0.2, 0) is 13.1 Å². The Morgan fingerprint density at radius 2 is 1.79 bits per heavy atom. The van der Waals surface area contributed by atoms with Crippen LogP contribution in [0.2, 0.25) is 0 Å². The van der Waals surface area contributed by atoms with Crippen molar-refractivity contribution in [3.8, 4) is 17.1 Å². The highest BCUT2D eigenvalue weighted by Crippen LogP contribution is 2.31. The molecule has 2 aromatic heterocycles. The number of carbonyl (C=O) groups excluding carboxylic acids is 1. The van der Waals surface area contributed by atoms with E-state index in [0.717, 1.165) is 28.3 Å².